The minimum absolute atomic E-state index is 0.0613. The Bertz CT molecular complexity index is 678. The van der Waals surface area contributed by atoms with Crippen LogP contribution in [0.2, 0.25) is 0 Å². The van der Waals surface area contributed by atoms with Crippen molar-refractivity contribution >= 4 is 11.8 Å². The number of rotatable bonds is 6. The first-order valence-corrected chi connectivity index (χ1v) is 9.13. The molecule has 0 aromatic heterocycles. The number of nitrogens with one attached hydrogen (secondary N) is 1. The number of piperidine rings is 1. The number of halogens is 3. The van der Waals surface area contributed by atoms with Crippen LogP contribution in [0.25, 0.3) is 0 Å². The van der Waals surface area contributed by atoms with Gasteiger partial charge in [-0.3, -0.25) is 9.59 Å². The van der Waals surface area contributed by atoms with Crippen LogP contribution in [0.15, 0.2) is 24.3 Å². The molecule has 0 bridgehead atoms. The SMILES string of the molecule is CCCCNC(=O)C1(C)CCCCN1C(=O)c1cccc(OC(F)(F)F)c1. The van der Waals surface area contributed by atoms with Crippen molar-refractivity contribution < 1.29 is 27.5 Å². The van der Waals surface area contributed by atoms with Crippen molar-refractivity contribution in [1.82, 2.24) is 10.2 Å². The van der Waals surface area contributed by atoms with Crippen LogP contribution >= 0.6 is 0 Å². The number of carbonyl (C=O) groups is 2. The molecule has 8 heteroatoms. The molecule has 1 atom stereocenters. The van der Waals surface area contributed by atoms with E-state index in [4.69, 9.17) is 0 Å². The standard InChI is InChI=1S/C19H25F3N2O3/c1-3-4-11-23-17(26)18(2)10-5-6-12-24(18)16(25)14-8-7-9-15(13-14)27-19(20,21)22/h7-9,13H,3-6,10-12H2,1-2H3,(H,23,26). The number of carbonyl (C=O) groups excluding carboxylic acids is 2. The Labute approximate surface area is 156 Å². The number of nitrogens with zero attached hydrogens (tertiary/aromatic N) is 1. The maximum absolute atomic E-state index is 13.0. The van der Waals surface area contributed by atoms with E-state index in [0.29, 0.717) is 19.5 Å². The van der Waals surface area contributed by atoms with Crippen LogP contribution in [-0.2, 0) is 4.79 Å². The van der Waals surface area contributed by atoms with Gasteiger partial charge in [0.05, 0.1) is 0 Å². The largest absolute Gasteiger partial charge is 0.573 e. The zero-order valence-corrected chi connectivity index (χ0v) is 15.6. The summed E-state index contributed by atoms with van der Waals surface area (Å²) in [6.45, 7) is 4.63. The van der Waals surface area contributed by atoms with Gasteiger partial charge >= 0.3 is 6.36 Å². The molecule has 1 N–H and O–H groups in total. The van der Waals surface area contributed by atoms with E-state index in [1.807, 2.05) is 6.92 Å². The lowest BCUT2D eigenvalue weighted by Gasteiger charge is -2.43. The number of likely N-dealkylation sites (tertiary alicyclic amines) is 1. The van der Waals surface area contributed by atoms with Gasteiger partial charge in [0.15, 0.2) is 0 Å². The molecule has 2 amide bonds. The highest BCUT2D eigenvalue weighted by Gasteiger charge is 2.43. The van der Waals surface area contributed by atoms with Gasteiger partial charge in [-0.1, -0.05) is 19.4 Å². The van der Waals surface area contributed by atoms with Crippen LogP contribution < -0.4 is 10.1 Å². The maximum atomic E-state index is 13.0. The number of benzene rings is 1. The molecule has 1 aromatic rings. The molecule has 0 radical (unpaired) electrons. The first kappa shape index (κ1) is 21.1. The topological polar surface area (TPSA) is 58.6 Å². The molecule has 1 aliphatic heterocycles. The molecule has 2 rings (SSSR count). The van der Waals surface area contributed by atoms with E-state index in [-0.39, 0.29) is 11.5 Å². The molecule has 1 saturated heterocycles. The van der Waals surface area contributed by atoms with E-state index in [1.54, 1.807) is 6.92 Å². The van der Waals surface area contributed by atoms with Gasteiger partial charge in [-0.25, -0.2) is 0 Å². The summed E-state index contributed by atoms with van der Waals surface area (Å²) in [6, 6.07) is 4.95. The third-order valence-electron chi connectivity index (χ3n) is 4.76. The van der Waals surface area contributed by atoms with Gasteiger partial charge in [0, 0.05) is 18.7 Å². The number of unbranched alkanes of at least 4 members (excludes halogenated alkanes) is 1. The maximum Gasteiger partial charge on any atom is 0.573 e. The summed E-state index contributed by atoms with van der Waals surface area (Å²) in [6.07, 6.45) is -1.00. The van der Waals surface area contributed by atoms with Crippen LogP contribution in [0.4, 0.5) is 13.2 Å². The first-order valence-electron chi connectivity index (χ1n) is 9.13. The van der Waals surface area contributed by atoms with Gasteiger partial charge < -0.3 is 15.0 Å². The first-order chi connectivity index (χ1) is 12.7. The summed E-state index contributed by atoms with van der Waals surface area (Å²) in [4.78, 5) is 27.2. The molecule has 0 aliphatic carbocycles. The summed E-state index contributed by atoms with van der Waals surface area (Å²) in [5.74, 6) is -1.17. The van der Waals surface area contributed by atoms with E-state index in [2.05, 4.69) is 10.1 Å². The van der Waals surface area contributed by atoms with Crippen LogP contribution in [0.3, 0.4) is 0 Å². The Balaban J connectivity index is 2.21. The zero-order valence-electron chi connectivity index (χ0n) is 15.6. The molecule has 1 aliphatic rings. The lowest BCUT2D eigenvalue weighted by Crippen LogP contribution is -2.61. The van der Waals surface area contributed by atoms with Crippen molar-refractivity contribution in [2.75, 3.05) is 13.1 Å². The quantitative estimate of drug-likeness (QED) is 0.755. The molecule has 150 valence electrons. The Kier molecular flexibility index (Phi) is 6.73. The van der Waals surface area contributed by atoms with Gasteiger partial charge in [0.1, 0.15) is 11.3 Å². The van der Waals surface area contributed by atoms with Crippen molar-refractivity contribution in [3.8, 4) is 5.75 Å². The molecular formula is C19H25F3N2O3. The van der Waals surface area contributed by atoms with Crippen molar-refractivity contribution in [2.45, 2.75) is 57.9 Å². The molecule has 27 heavy (non-hydrogen) atoms. The Morgan fingerprint density at radius 1 is 1.30 bits per heavy atom. The lowest BCUT2D eigenvalue weighted by molar-refractivity contribution is -0.274. The minimum Gasteiger partial charge on any atom is -0.406 e. The lowest BCUT2D eigenvalue weighted by atomic mass is 9.86. The number of hydrogen-bond acceptors (Lipinski definition) is 3. The van der Waals surface area contributed by atoms with Crippen LogP contribution in [0.5, 0.6) is 5.75 Å². The molecule has 0 saturated carbocycles. The molecular weight excluding hydrogens is 361 g/mol. The summed E-state index contributed by atoms with van der Waals surface area (Å²) in [5, 5.41) is 2.87. The molecule has 1 heterocycles. The third kappa shape index (κ3) is 5.37. The van der Waals surface area contributed by atoms with E-state index < -0.39 is 23.6 Å². The summed E-state index contributed by atoms with van der Waals surface area (Å²) in [7, 11) is 0. The summed E-state index contributed by atoms with van der Waals surface area (Å²) < 4.78 is 41.2. The predicted molar refractivity (Wildman–Crippen MR) is 94.3 cm³/mol. The molecule has 1 unspecified atom stereocenters. The summed E-state index contributed by atoms with van der Waals surface area (Å²) in [5.41, 5.74) is -0.963. The number of hydrogen-bond donors (Lipinski definition) is 1. The highest BCUT2D eigenvalue weighted by molar-refractivity contribution is 5.99. The fourth-order valence-corrected chi connectivity index (χ4v) is 3.23. The van der Waals surface area contributed by atoms with Crippen LogP contribution in [-0.4, -0.2) is 41.7 Å². The predicted octanol–water partition coefficient (Wildman–Crippen LogP) is 3.89. The van der Waals surface area contributed by atoms with Gasteiger partial charge in [-0.05, 0) is 50.8 Å². The van der Waals surface area contributed by atoms with E-state index >= 15 is 0 Å². The normalized spacial score (nSPS) is 20.3. The number of alkyl halides is 3. The van der Waals surface area contributed by atoms with Gasteiger partial charge in [0.2, 0.25) is 5.91 Å². The van der Waals surface area contributed by atoms with Crippen LogP contribution in [0, 0.1) is 0 Å². The van der Waals surface area contributed by atoms with Crippen molar-refractivity contribution in [3.63, 3.8) is 0 Å². The highest BCUT2D eigenvalue weighted by Crippen LogP contribution is 2.31. The smallest absolute Gasteiger partial charge is 0.406 e. The van der Waals surface area contributed by atoms with Crippen molar-refractivity contribution in [3.05, 3.63) is 29.8 Å². The van der Waals surface area contributed by atoms with Crippen LogP contribution in [0.1, 0.15) is 56.3 Å². The Morgan fingerprint density at radius 2 is 2.04 bits per heavy atom. The fraction of sp³-hybridized carbons (Fsp3) is 0.579. The second-order valence-corrected chi connectivity index (χ2v) is 6.87. The van der Waals surface area contributed by atoms with E-state index in [1.165, 1.54) is 17.0 Å². The summed E-state index contributed by atoms with van der Waals surface area (Å²) >= 11 is 0. The minimum atomic E-state index is -4.83. The molecule has 5 nitrogen and oxygen atoms in total. The van der Waals surface area contributed by atoms with E-state index in [9.17, 15) is 22.8 Å². The zero-order chi connectivity index (χ0) is 20.1. The van der Waals surface area contributed by atoms with Gasteiger partial charge in [-0.15, -0.1) is 13.2 Å². The Morgan fingerprint density at radius 3 is 2.70 bits per heavy atom. The second-order valence-electron chi connectivity index (χ2n) is 6.87. The fourth-order valence-electron chi connectivity index (χ4n) is 3.23. The molecule has 1 aromatic carbocycles. The number of ether oxygens (including phenoxy) is 1. The third-order valence-corrected chi connectivity index (χ3v) is 4.76. The van der Waals surface area contributed by atoms with E-state index in [0.717, 1.165) is 37.8 Å². The molecule has 0 spiro atoms. The van der Waals surface area contributed by atoms with Gasteiger partial charge in [-0.2, -0.15) is 0 Å². The average Bonchev–Trinajstić information content (AvgIpc) is 2.60. The van der Waals surface area contributed by atoms with Crippen molar-refractivity contribution in [2.24, 2.45) is 0 Å². The van der Waals surface area contributed by atoms with Crippen molar-refractivity contribution in [1.29, 1.82) is 0 Å². The Hall–Kier alpha value is -2.25. The van der Waals surface area contributed by atoms with Gasteiger partial charge in [0.25, 0.3) is 5.91 Å². The number of amides is 2. The molecule has 1 fully saturated rings. The average molecular weight is 386 g/mol. The highest BCUT2D eigenvalue weighted by atomic mass is 19.4. The monoisotopic (exact) mass is 386 g/mol. The second kappa shape index (κ2) is 8.63.